The van der Waals surface area contributed by atoms with Gasteiger partial charge in [-0.3, -0.25) is 4.98 Å². The predicted molar refractivity (Wildman–Crippen MR) is 95.9 cm³/mol. The largest absolute Gasteiger partial charge is 0.497 e. The van der Waals surface area contributed by atoms with Crippen molar-refractivity contribution in [1.82, 2.24) is 10.3 Å². The molecule has 1 aromatic heterocycles. The van der Waals surface area contributed by atoms with Gasteiger partial charge >= 0.3 is 0 Å². The summed E-state index contributed by atoms with van der Waals surface area (Å²) in [6, 6.07) is 8.27. The normalized spacial score (nSPS) is 21.3. The molecule has 0 unspecified atom stereocenters. The molecule has 2 heterocycles. The van der Waals surface area contributed by atoms with Gasteiger partial charge in [0.1, 0.15) is 5.75 Å². The summed E-state index contributed by atoms with van der Waals surface area (Å²) < 4.78 is 5.36. The van der Waals surface area contributed by atoms with Crippen LogP contribution in [0.25, 0.3) is 10.9 Å². The molecular formula is C20H26N2O. The Hall–Kier alpha value is -1.87. The molecule has 0 spiro atoms. The van der Waals surface area contributed by atoms with Crippen LogP contribution in [0.5, 0.6) is 5.75 Å². The third-order valence-corrected chi connectivity index (χ3v) is 5.04. The quantitative estimate of drug-likeness (QED) is 0.820. The van der Waals surface area contributed by atoms with Gasteiger partial charge in [0.05, 0.1) is 12.6 Å². The lowest BCUT2D eigenvalue weighted by molar-refractivity contribution is 0.280. The summed E-state index contributed by atoms with van der Waals surface area (Å²) in [6.45, 7) is 6.23. The summed E-state index contributed by atoms with van der Waals surface area (Å²) in [7, 11) is 1.71. The topological polar surface area (TPSA) is 34.2 Å². The highest BCUT2D eigenvalue weighted by atomic mass is 16.4. The van der Waals surface area contributed by atoms with E-state index >= 15 is 0 Å². The minimum absolute atomic E-state index is 0.623. The van der Waals surface area contributed by atoms with Crippen LogP contribution in [0.15, 0.2) is 43.1 Å². The van der Waals surface area contributed by atoms with Crippen molar-refractivity contribution in [2.45, 2.75) is 25.7 Å². The monoisotopic (exact) mass is 309 g/mol. The van der Waals surface area contributed by atoms with Gasteiger partial charge in [-0.25, -0.2) is 0 Å². The Morgan fingerprint density at radius 1 is 1.39 bits per heavy atom. The van der Waals surface area contributed by atoms with Gasteiger partial charge in [-0.2, -0.15) is 0 Å². The molecule has 0 amide bonds. The van der Waals surface area contributed by atoms with Gasteiger partial charge in [0.15, 0.2) is 0 Å². The number of piperidine rings is 1. The van der Waals surface area contributed by atoms with Gasteiger partial charge in [0.2, 0.25) is 0 Å². The van der Waals surface area contributed by atoms with Crippen molar-refractivity contribution in [2.75, 3.05) is 20.2 Å². The highest BCUT2D eigenvalue weighted by molar-refractivity contribution is 5.83. The molecule has 2 atom stereocenters. The van der Waals surface area contributed by atoms with E-state index in [9.17, 15) is 0 Å². The SMILES string of the molecule is C=C[C@H]1CNCC[C@H]1CCCc1ccnc2ccc(O[11CH3])cc12. The van der Waals surface area contributed by atoms with Crippen LogP contribution in [0.1, 0.15) is 24.8 Å². The molecule has 1 saturated heterocycles. The second-order valence-electron chi connectivity index (χ2n) is 6.40. The van der Waals surface area contributed by atoms with Gasteiger partial charge in [-0.15, -0.1) is 6.58 Å². The first-order chi connectivity index (χ1) is 11.3. The molecule has 2 aromatic rings. The molecule has 0 aliphatic carbocycles. The first-order valence-electron chi connectivity index (χ1n) is 8.56. The van der Waals surface area contributed by atoms with E-state index in [1.54, 1.807) is 7.11 Å². The van der Waals surface area contributed by atoms with Crippen LogP contribution in [0.2, 0.25) is 0 Å². The Kier molecular flexibility index (Phi) is 5.29. The van der Waals surface area contributed by atoms with Crippen molar-refractivity contribution in [3.8, 4) is 5.75 Å². The van der Waals surface area contributed by atoms with Crippen LogP contribution in [-0.2, 0) is 6.42 Å². The van der Waals surface area contributed by atoms with E-state index < -0.39 is 0 Å². The second kappa shape index (κ2) is 7.60. The molecule has 0 saturated carbocycles. The molecule has 1 aliphatic rings. The number of nitrogens with one attached hydrogen (secondary N) is 1. The maximum absolute atomic E-state index is 5.36. The highest BCUT2D eigenvalue weighted by Crippen LogP contribution is 2.27. The van der Waals surface area contributed by atoms with E-state index in [2.05, 4.69) is 35.1 Å². The average Bonchev–Trinajstić information content (AvgIpc) is 2.62. The number of rotatable bonds is 6. The predicted octanol–water partition coefficient (Wildman–Crippen LogP) is 3.98. The average molecular weight is 309 g/mol. The Bertz CT molecular complexity index is 668. The van der Waals surface area contributed by atoms with Crippen molar-refractivity contribution in [2.24, 2.45) is 11.8 Å². The Labute approximate surface area is 138 Å². The van der Waals surface area contributed by atoms with Gasteiger partial charge in [-0.1, -0.05) is 6.08 Å². The fraction of sp³-hybridized carbons (Fsp3) is 0.450. The van der Waals surface area contributed by atoms with Crippen LogP contribution in [0.3, 0.4) is 0 Å². The summed E-state index contributed by atoms with van der Waals surface area (Å²) in [5.74, 6) is 2.30. The van der Waals surface area contributed by atoms with Gasteiger partial charge in [0, 0.05) is 18.1 Å². The van der Waals surface area contributed by atoms with E-state index in [1.165, 1.54) is 30.2 Å². The number of fused-ring (bicyclic) bond motifs is 1. The van der Waals surface area contributed by atoms with Crippen LogP contribution >= 0.6 is 0 Å². The number of hydrogen-bond acceptors (Lipinski definition) is 3. The molecule has 0 bridgehead atoms. The minimum atomic E-state index is 0.623. The second-order valence-corrected chi connectivity index (χ2v) is 6.40. The zero-order valence-electron chi connectivity index (χ0n) is 13.9. The lowest BCUT2D eigenvalue weighted by atomic mass is 9.82. The van der Waals surface area contributed by atoms with Gasteiger partial charge in [-0.05, 0) is 73.9 Å². The molecule has 3 rings (SSSR count). The third kappa shape index (κ3) is 3.73. The summed E-state index contributed by atoms with van der Waals surface area (Å²) in [6.07, 6.45) is 8.89. The van der Waals surface area contributed by atoms with Crippen LogP contribution in [0, 0.1) is 11.8 Å². The van der Waals surface area contributed by atoms with Gasteiger partial charge in [0.25, 0.3) is 0 Å². The molecule has 3 heteroatoms. The fourth-order valence-corrected chi connectivity index (χ4v) is 3.65. The van der Waals surface area contributed by atoms with Crippen LogP contribution < -0.4 is 10.1 Å². The van der Waals surface area contributed by atoms with Crippen molar-refractivity contribution in [3.63, 3.8) is 0 Å². The summed E-state index contributed by atoms with van der Waals surface area (Å²) in [4.78, 5) is 4.46. The Morgan fingerprint density at radius 3 is 3.13 bits per heavy atom. The number of hydrogen-bond donors (Lipinski definition) is 1. The maximum Gasteiger partial charge on any atom is 0.119 e. The lowest BCUT2D eigenvalue weighted by Gasteiger charge is -2.30. The number of aryl methyl sites for hydroxylation is 1. The zero-order chi connectivity index (χ0) is 16.1. The first kappa shape index (κ1) is 16.0. The minimum Gasteiger partial charge on any atom is -0.497 e. The first-order valence-corrected chi connectivity index (χ1v) is 8.56. The summed E-state index contributed by atoms with van der Waals surface area (Å²) in [5, 5.41) is 4.69. The van der Waals surface area contributed by atoms with E-state index in [0.29, 0.717) is 5.92 Å². The van der Waals surface area contributed by atoms with Crippen molar-refractivity contribution < 1.29 is 4.74 Å². The number of aromatic nitrogens is 1. The van der Waals surface area contributed by atoms with Crippen molar-refractivity contribution >= 4 is 10.9 Å². The molecule has 1 aliphatic heterocycles. The summed E-state index contributed by atoms with van der Waals surface area (Å²) in [5.41, 5.74) is 2.42. The number of methoxy groups -OCH3 is 1. The fourth-order valence-electron chi connectivity index (χ4n) is 3.65. The van der Waals surface area contributed by atoms with E-state index in [0.717, 1.165) is 36.7 Å². The van der Waals surface area contributed by atoms with E-state index in [1.807, 2.05) is 18.3 Å². The lowest BCUT2D eigenvalue weighted by Crippen LogP contribution is -2.35. The van der Waals surface area contributed by atoms with Crippen molar-refractivity contribution in [1.29, 1.82) is 0 Å². The number of pyridine rings is 1. The number of benzene rings is 1. The molecule has 1 N–H and O–H groups in total. The smallest absolute Gasteiger partial charge is 0.119 e. The molecule has 3 nitrogen and oxygen atoms in total. The molecule has 1 fully saturated rings. The van der Waals surface area contributed by atoms with Gasteiger partial charge < -0.3 is 10.1 Å². The molecule has 23 heavy (non-hydrogen) atoms. The molecular weight excluding hydrogens is 283 g/mol. The summed E-state index contributed by atoms with van der Waals surface area (Å²) >= 11 is 0. The highest BCUT2D eigenvalue weighted by Gasteiger charge is 2.21. The van der Waals surface area contributed by atoms with Crippen LogP contribution in [-0.4, -0.2) is 25.2 Å². The zero-order valence-corrected chi connectivity index (χ0v) is 13.9. The number of nitrogens with zero attached hydrogens (tertiary/aromatic N) is 1. The Balaban J connectivity index is 1.68. The van der Waals surface area contributed by atoms with E-state index in [-0.39, 0.29) is 0 Å². The Morgan fingerprint density at radius 2 is 2.30 bits per heavy atom. The molecule has 1 aromatic carbocycles. The molecule has 122 valence electrons. The molecule has 0 radical (unpaired) electrons. The third-order valence-electron chi connectivity index (χ3n) is 5.04. The van der Waals surface area contributed by atoms with Crippen LogP contribution in [0.4, 0.5) is 0 Å². The number of ether oxygens (including phenoxy) is 1. The maximum atomic E-state index is 5.36. The van der Waals surface area contributed by atoms with Crippen molar-refractivity contribution in [3.05, 3.63) is 48.7 Å². The standard InChI is InChI=1S/C20H26N2O/c1-3-15-14-21-11-9-16(15)5-4-6-17-10-12-22-20-8-7-18(23-2)13-19(17)20/h3,7-8,10,12-13,15-16,21H,1,4-6,9,11,14H2,2H3/t15-,16+/m0/s1/i2-1. The van der Waals surface area contributed by atoms with E-state index in [4.69, 9.17) is 4.74 Å².